The molecule has 1 saturated heterocycles. The van der Waals surface area contributed by atoms with Crippen molar-refractivity contribution in [1.29, 1.82) is 0 Å². The second-order valence-electron chi connectivity index (χ2n) is 3.62. The summed E-state index contributed by atoms with van der Waals surface area (Å²) in [4.78, 5) is 12.8. The van der Waals surface area contributed by atoms with Crippen molar-refractivity contribution in [2.75, 3.05) is 18.6 Å². The van der Waals surface area contributed by atoms with Crippen molar-refractivity contribution in [1.82, 2.24) is 0 Å². The minimum atomic E-state index is -0.532. The van der Waals surface area contributed by atoms with Crippen molar-refractivity contribution in [3.63, 3.8) is 0 Å². The molecule has 3 nitrogen and oxygen atoms in total. The first-order chi connectivity index (χ1) is 7.63. The SMILES string of the molecule is COC(=O)C1CCN1c1cc(F)ccc1F. The summed E-state index contributed by atoms with van der Waals surface area (Å²) in [5.74, 6) is -1.48. The monoisotopic (exact) mass is 227 g/mol. The van der Waals surface area contributed by atoms with Crippen LogP contribution in [-0.4, -0.2) is 25.7 Å². The second kappa shape index (κ2) is 4.08. The zero-order chi connectivity index (χ0) is 11.7. The summed E-state index contributed by atoms with van der Waals surface area (Å²) in [5.41, 5.74) is 0.113. The lowest BCUT2D eigenvalue weighted by atomic mass is 10.0. The van der Waals surface area contributed by atoms with Crippen LogP contribution in [0, 0.1) is 11.6 Å². The minimum absolute atomic E-state index is 0.113. The van der Waals surface area contributed by atoms with Gasteiger partial charge in [-0.2, -0.15) is 0 Å². The average Bonchev–Trinajstić information content (AvgIpc) is 2.21. The van der Waals surface area contributed by atoms with E-state index in [0.717, 1.165) is 18.2 Å². The largest absolute Gasteiger partial charge is 0.467 e. The third kappa shape index (κ3) is 1.73. The molecule has 1 fully saturated rings. The van der Waals surface area contributed by atoms with Crippen LogP contribution < -0.4 is 4.90 Å². The second-order valence-corrected chi connectivity index (χ2v) is 3.62. The molecule has 1 aromatic rings. The van der Waals surface area contributed by atoms with Crippen molar-refractivity contribution in [2.24, 2.45) is 0 Å². The number of methoxy groups -OCH3 is 1. The number of carbonyl (C=O) groups is 1. The van der Waals surface area contributed by atoms with Gasteiger partial charge in [0.15, 0.2) is 0 Å². The number of ether oxygens (including phenoxy) is 1. The molecule has 1 aliphatic heterocycles. The average molecular weight is 227 g/mol. The number of esters is 1. The molecular formula is C11H11F2NO2. The molecule has 1 aliphatic rings. The Labute approximate surface area is 91.6 Å². The summed E-state index contributed by atoms with van der Waals surface area (Å²) in [6, 6.07) is 2.69. The number of halogens is 2. The zero-order valence-electron chi connectivity index (χ0n) is 8.74. The molecule has 16 heavy (non-hydrogen) atoms. The highest BCUT2D eigenvalue weighted by Gasteiger charge is 2.36. The molecule has 0 saturated carbocycles. The summed E-state index contributed by atoms with van der Waals surface area (Å²) in [6.45, 7) is 0.528. The smallest absolute Gasteiger partial charge is 0.328 e. The predicted octanol–water partition coefficient (Wildman–Crippen LogP) is 1.72. The Kier molecular flexibility index (Phi) is 2.77. The van der Waals surface area contributed by atoms with Gasteiger partial charge in [-0.3, -0.25) is 0 Å². The summed E-state index contributed by atoms with van der Waals surface area (Å²) in [6.07, 6.45) is 0.600. The van der Waals surface area contributed by atoms with E-state index in [1.165, 1.54) is 12.0 Å². The van der Waals surface area contributed by atoms with Crippen LogP contribution in [0.15, 0.2) is 18.2 Å². The number of rotatable bonds is 2. The molecule has 1 heterocycles. The van der Waals surface area contributed by atoms with Crippen LogP contribution >= 0.6 is 0 Å². The van der Waals surface area contributed by atoms with Crippen molar-refractivity contribution in [2.45, 2.75) is 12.5 Å². The fourth-order valence-corrected chi connectivity index (χ4v) is 1.76. The Balaban J connectivity index is 2.24. The third-order valence-corrected chi connectivity index (χ3v) is 2.71. The first-order valence-corrected chi connectivity index (χ1v) is 4.93. The van der Waals surface area contributed by atoms with Gasteiger partial charge in [0.25, 0.3) is 0 Å². The van der Waals surface area contributed by atoms with Gasteiger partial charge in [0.05, 0.1) is 12.8 Å². The lowest BCUT2D eigenvalue weighted by molar-refractivity contribution is -0.143. The van der Waals surface area contributed by atoms with E-state index in [4.69, 9.17) is 0 Å². The van der Waals surface area contributed by atoms with Gasteiger partial charge >= 0.3 is 5.97 Å². The lowest BCUT2D eigenvalue weighted by Crippen LogP contribution is -2.53. The number of carbonyl (C=O) groups excluding carboxylic acids is 1. The molecule has 1 atom stereocenters. The molecule has 5 heteroatoms. The summed E-state index contributed by atoms with van der Waals surface area (Å²) >= 11 is 0. The first kappa shape index (κ1) is 10.9. The van der Waals surface area contributed by atoms with E-state index in [2.05, 4.69) is 4.74 Å². The van der Waals surface area contributed by atoms with Crippen LogP contribution in [0.2, 0.25) is 0 Å². The van der Waals surface area contributed by atoms with E-state index in [-0.39, 0.29) is 5.69 Å². The number of benzene rings is 1. The van der Waals surface area contributed by atoms with Gasteiger partial charge in [0.2, 0.25) is 0 Å². The van der Waals surface area contributed by atoms with Gasteiger partial charge < -0.3 is 9.64 Å². The Bertz CT molecular complexity index is 422. The Hall–Kier alpha value is -1.65. The van der Waals surface area contributed by atoms with Gasteiger partial charge in [-0.05, 0) is 18.6 Å². The maximum Gasteiger partial charge on any atom is 0.328 e. The maximum absolute atomic E-state index is 13.4. The van der Waals surface area contributed by atoms with Crippen LogP contribution in [0.1, 0.15) is 6.42 Å². The predicted molar refractivity (Wildman–Crippen MR) is 54.1 cm³/mol. The molecule has 1 unspecified atom stereocenters. The summed E-state index contributed by atoms with van der Waals surface area (Å²) < 4.78 is 31.0. The van der Waals surface area contributed by atoms with Gasteiger partial charge in [0, 0.05) is 12.6 Å². The molecule has 0 aliphatic carbocycles. The van der Waals surface area contributed by atoms with Crippen LogP contribution in [0.3, 0.4) is 0 Å². The number of anilines is 1. The molecule has 86 valence electrons. The molecule has 1 aromatic carbocycles. The Morgan fingerprint density at radius 2 is 2.25 bits per heavy atom. The first-order valence-electron chi connectivity index (χ1n) is 4.93. The highest BCUT2D eigenvalue weighted by Crippen LogP contribution is 2.29. The Morgan fingerprint density at radius 1 is 1.50 bits per heavy atom. The van der Waals surface area contributed by atoms with Crippen LogP contribution in [0.25, 0.3) is 0 Å². The van der Waals surface area contributed by atoms with Crippen LogP contribution in [-0.2, 0) is 9.53 Å². The standard InChI is InChI=1S/C11H11F2NO2/c1-16-11(15)9-4-5-14(9)10-6-7(12)2-3-8(10)13/h2-3,6,9H,4-5H2,1H3. The molecule has 0 bridgehead atoms. The van der Waals surface area contributed by atoms with E-state index in [0.29, 0.717) is 13.0 Å². The van der Waals surface area contributed by atoms with E-state index in [9.17, 15) is 13.6 Å². The van der Waals surface area contributed by atoms with Crippen molar-refractivity contribution >= 4 is 11.7 Å². The highest BCUT2D eigenvalue weighted by atomic mass is 19.1. The maximum atomic E-state index is 13.4. The van der Waals surface area contributed by atoms with Crippen molar-refractivity contribution in [3.05, 3.63) is 29.8 Å². The van der Waals surface area contributed by atoms with Crippen LogP contribution in [0.5, 0.6) is 0 Å². The number of hydrogen-bond donors (Lipinski definition) is 0. The molecule has 0 aromatic heterocycles. The van der Waals surface area contributed by atoms with E-state index in [1.54, 1.807) is 0 Å². The van der Waals surface area contributed by atoms with Crippen LogP contribution in [0.4, 0.5) is 14.5 Å². The molecule has 2 rings (SSSR count). The molecule has 0 amide bonds. The molecule has 0 N–H and O–H groups in total. The van der Waals surface area contributed by atoms with E-state index in [1.807, 2.05) is 0 Å². The van der Waals surface area contributed by atoms with E-state index >= 15 is 0 Å². The van der Waals surface area contributed by atoms with Gasteiger partial charge in [-0.1, -0.05) is 0 Å². The summed E-state index contributed by atoms with van der Waals surface area (Å²) in [7, 11) is 1.28. The Morgan fingerprint density at radius 3 is 2.81 bits per heavy atom. The molecular weight excluding hydrogens is 216 g/mol. The number of nitrogens with zero attached hydrogens (tertiary/aromatic N) is 1. The topological polar surface area (TPSA) is 29.5 Å². The van der Waals surface area contributed by atoms with E-state index < -0.39 is 23.6 Å². The fourth-order valence-electron chi connectivity index (χ4n) is 1.76. The fraction of sp³-hybridized carbons (Fsp3) is 0.364. The highest BCUT2D eigenvalue weighted by molar-refractivity contribution is 5.82. The van der Waals surface area contributed by atoms with Crippen molar-refractivity contribution in [3.8, 4) is 0 Å². The molecule has 0 radical (unpaired) electrons. The normalized spacial score (nSPS) is 19.2. The third-order valence-electron chi connectivity index (χ3n) is 2.71. The van der Waals surface area contributed by atoms with Crippen molar-refractivity contribution < 1.29 is 18.3 Å². The van der Waals surface area contributed by atoms with Gasteiger partial charge in [-0.15, -0.1) is 0 Å². The van der Waals surface area contributed by atoms with Gasteiger partial charge in [-0.25, -0.2) is 13.6 Å². The number of hydrogen-bond acceptors (Lipinski definition) is 3. The quantitative estimate of drug-likeness (QED) is 0.720. The summed E-state index contributed by atoms with van der Waals surface area (Å²) in [5, 5.41) is 0. The zero-order valence-corrected chi connectivity index (χ0v) is 8.74. The lowest BCUT2D eigenvalue weighted by Gasteiger charge is -2.40. The minimum Gasteiger partial charge on any atom is -0.467 e. The molecule has 0 spiro atoms. The van der Waals surface area contributed by atoms with Gasteiger partial charge in [0.1, 0.15) is 17.7 Å².